The number of rotatable bonds is 9. The Labute approximate surface area is 147 Å². The molecular weight excluding hydrogens is 324 g/mol. The number of phenolic OH excluding ortho intramolecular Hbond substituents is 1. The van der Waals surface area contributed by atoms with Crippen molar-refractivity contribution < 1.29 is 29.5 Å². The zero-order valence-corrected chi connectivity index (χ0v) is 14.4. The molecule has 0 bridgehead atoms. The first-order valence-corrected chi connectivity index (χ1v) is 8.04. The molecule has 0 aliphatic rings. The largest absolute Gasteiger partial charge is 0.504 e. The van der Waals surface area contributed by atoms with Crippen molar-refractivity contribution >= 4 is 0 Å². The first kappa shape index (κ1) is 18.9. The molecule has 0 saturated heterocycles. The van der Waals surface area contributed by atoms with Gasteiger partial charge in [-0.1, -0.05) is 12.1 Å². The first-order valence-electron chi connectivity index (χ1n) is 8.04. The lowest BCUT2D eigenvalue weighted by Crippen LogP contribution is -2.10. The first-order chi connectivity index (χ1) is 12.1. The van der Waals surface area contributed by atoms with Crippen LogP contribution >= 0.6 is 0 Å². The van der Waals surface area contributed by atoms with Gasteiger partial charge in [0.15, 0.2) is 23.0 Å². The molecule has 0 fully saturated rings. The van der Waals surface area contributed by atoms with Gasteiger partial charge in [0.2, 0.25) is 0 Å². The van der Waals surface area contributed by atoms with Crippen molar-refractivity contribution in [2.75, 3.05) is 27.4 Å². The van der Waals surface area contributed by atoms with Crippen LogP contribution in [0.3, 0.4) is 0 Å². The fourth-order valence-electron chi connectivity index (χ4n) is 2.44. The molecule has 0 saturated carbocycles. The second kappa shape index (κ2) is 9.15. The molecule has 0 aromatic heterocycles. The highest BCUT2D eigenvalue weighted by Crippen LogP contribution is 2.31. The van der Waals surface area contributed by atoms with Crippen molar-refractivity contribution in [1.29, 1.82) is 0 Å². The van der Waals surface area contributed by atoms with Crippen molar-refractivity contribution in [3.63, 3.8) is 0 Å². The Kier molecular flexibility index (Phi) is 6.91. The van der Waals surface area contributed by atoms with Crippen LogP contribution in [0.1, 0.15) is 23.7 Å². The second-order valence-corrected chi connectivity index (χ2v) is 5.57. The van der Waals surface area contributed by atoms with E-state index in [2.05, 4.69) is 0 Å². The zero-order chi connectivity index (χ0) is 18.2. The van der Waals surface area contributed by atoms with E-state index in [1.165, 1.54) is 13.2 Å². The predicted octanol–water partition coefficient (Wildman–Crippen LogP) is 2.45. The van der Waals surface area contributed by atoms with Crippen molar-refractivity contribution in [3.05, 3.63) is 47.5 Å². The van der Waals surface area contributed by atoms with Crippen LogP contribution in [0.2, 0.25) is 0 Å². The number of hydrogen-bond acceptors (Lipinski definition) is 6. The van der Waals surface area contributed by atoms with Crippen molar-refractivity contribution in [2.45, 2.75) is 18.9 Å². The van der Waals surface area contributed by atoms with Crippen molar-refractivity contribution in [3.8, 4) is 23.0 Å². The Morgan fingerprint density at radius 3 is 2.40 bits per heavy atom. The monoisotopic (exact) mass is 348 g/mol. The summed E-state index contributed by atoms with van der Waals surface area (Å²) in [6.45, 7) is 0.170. The van der Waals surface area contributed by atoms with Crippen LogP contribution < -0.4 is 14.2 Å². The third-order valence-corrected chi connectivity index (χ3v) is 3.84. The fraction of sp³-hybridized carbons (Fsp3) is 0.368. The van der Waals surface area contributed by atoms with Crippen LogP contribution in [0.4, 0.5) is 0 Å². The van der Waals surface area contributed by atoms with Gasteiger partial charge in [0, 0.05) is 6.61 Å². The van der Waals surface area contributed by atoms with E-state index in [0.717, 1.165) is 12.0 Å². The molecule has 0 heterocycles. The van der Waals surface area contributed by atoms with Gasteiger partial charge in [-0.2, -0.15) is 0 Å². The summed E-state index contributed by atoms with van der Waals surface area (Å²) in [5.74, 6) is 1.41. The summed E-state index contributed by atoms with van der Waals surface area (Å²) < 4.78 is 16.1. The lowest BCUT2D eigenvalue weighted by molar-refractivity contribution is 0.106. The number of aryl methyl sites for hydroxylation is 1. The number of phenols is 1. The van der Waals surface area contributed by atoms with Gasteiger partial charge < -0.3 is 29.5 Å². The summed E-state index contributed by atoms with van der Waals surface area (Å²) in [4.78, 5) is 0. The van der Waals surface area contributed by atoms with Gasteiger partial charge in [0.05, 0.1) is 14.2 Å². The quantitative estimate of drug-likeness (QED) is 0.645. The summed E-state index contributed by atoms with van der Waals surface area (Å²) in [6, 6.07) is 10.2. The molecule has 2 rings (SSSR count). The Morgan fingerprint density at radius 2 is 1.72 bits per heavy atom. The number of benzene rings is 2. The summed E-state index contributed by atoms with van der Waals surface area (Å²) >= 11 is 0. The molecule has 0 aliphatic carbocycles. The second-order valence-electron chi connectivity index (χ2n) is 5.57. The zero-order valence-electron chi connectivity index (χ0n) is 14.4. The highest BCUT2D eigenvalue weighted by Gasteiger charge is 2.13. The van der Waals surface area contributed by atoms with E-state index in [1.54, 1.807) is 25.3 Å². The summed E-state index contributed by atoms with van der Waals surface area (Å²) in [5, 5.41) is 28.8. The minimum absolute atomic E-state index is 0.0134. The number of hydrogen-bond donors (Lipinski definition) is 3. The molecule has 6 nitrogen and oxygen atoms in total. The van der Waals surface area contributed by atoms with Gasteiger partial charge in [0.1, 0.15) is 12.7 Å². The third kappa shape index (κ3) is 5.01. The molecule has 136 valence electrons. The smallest absolute Gasteiger partial charge is 0.161 e. The van der Waals surface area contributed by atoms with Crippen LogP contribution in [0.15, 0.2) is 36.4 Å². The molecule has 0 spiro atoms. The number of aliphatic hydroxyl groups is 2. The Bertz CT molecular complexity index is 686. The van der Waals surface area contributed by atoms with E-state index in [0.29, 0.717) is 29.2 Å². The number of methoxy groups -OCH3 is 2. The summed E-state index contributed by atoms with van der Waals surface area (Å²) in [6.07, 6.45) is 0.557. The Balaban J connectivity index is 2.04. The number of ether oxygens (including phenoxy) is 3. The van der Waals surface area contributed by atoms with Crippen LogP contribution in [0, 0.1) is 0 Å². The topological polar surface area (TPSA) is 88.4 Å². The SMILES string of the molecule is COc1cc(C(O)COc2ccc(CCCO)cc2OC)ccc1O. The van der Waals surface area contributed by atoms with Crippen molar-refractivity contribution in [2.24, 2.45) is 0 Å². The molecule has 1 unspecified atom stereocenters. The lowest BCUT2D eigenvalue weighted by Gasteiger charge is -2.16. The van der Waals surface area contributed by atoms with Crippen LogP contribution in [0.5, 0.6) is 23.0 Å². The van der Waals surface area contributed by atoms with Crippen LogP contribution in [-0.2, 0) is 6.42 Å². The van der Waals surface area contributed by atoms with E-state index >= 15 is 0 Å². The van der Waals surface area contributed by atoms with E-state index < -0.39 is 6.10 Å². The van der Waals surface area contributed by atoms with Gasteiger partial charge >= 0.3 is 0 Å². The standard InChI is InChI=1S/C19H24O6/c1-23-18-11-14(6-7-15(18)21)16(22)12-25-17-8-5-13(4-3-9-20)10-19(17)24-2/h5-8,10-11,16,20-22H,3-4,9,12H2,1-2H3. The molecule has 2 aromatic carbocycles. The molecule has 1 atom stereocenters. The Hall–Kier alpha value is -2.44. The highest BCUT2D eigenvalue weighted by atomic mass is 16.5. The van der Waals surface area contributed by atoms with E-state index in [-0.39, 0.29) is 19.0 Å². The predicted molar refractivity (Wildman–Crippen MR) is 93.5 cm³/mol. The van der Waals surface area contributed by atoms with Gasteiger partial charge in [-0.05, 0) is 48.2 Å². The van der Waals surface area contributed by atoms with E-state index in [9.17, 15) is 10.2 Å². The molecule has 3 N–H and O–H groups in total. The third-order valence-electron chi connectivity index (χ3n) is 3.84. The molecule has 0 radical (unpaired) electrons. The number of aromatic hydroxyl groups is 1. The van der Waals surface area contributed by atoms with Gasteiger partial charge in [-0.15, -0.1) is 0 Å². The Morgan fingerprint density at radius 1 is 0.960 bits per heavy atom. The molecule has 2 aromatic rings. The lowest BCUT2D eigenvalue weighted by atomic mass is 10.1. The highest BCUT2D eigenvalue weighted by molar-refractivity contribution is 5.44. The maximum absolute atomic E-state index is 10.3. The molecule has 6 heteroatoms. The van der Waals surface area contributed by atoms with Crippen LogP contribution in [-0.4, -0.2) is 42.8 Å². The average Bonchev–Trinajstić information content (AvgIpc) is 2.64. The summed E-state index contributed by atoms with van der Waals surface area (Å²) in [5.41, 5.74) is 1.62. The van der Waals surface area contributed by atoms with Crippen molar-refractivity contribution in [1.82, 2.24) is 0 Å². The molecule has 0 aliphatic heterocycles. The van der Waals surface area contributed by atoms with Gasteiger partial charge in [0.25, 0.3) is 0 Å². The molecular formula is C19H24O6. The van der Waals surface area contributed by atoms with Gasteiger partial charge in [-0.3, -0.25) is 0 Å². The molecule has 0 amide bonds. The van der Waals surface area contributed by atoms with E-state index in [4.69, 9.17) is 19.3 Å². The fourth-order valence-corrected chi connectivity index (χ4v) is 2.44. The normalized spacial score (nSPS) is 11.8. The summed E-state index contributed by atoms with van der Waals surface area (Å²) in [7, 11) is 3.00. The van der Waals surface area contributed by atoms with E-state index in [1.807, 2.05) is 12.1 Å². The van der Waals surface area contributed by atoms with Crippen LogP contribution in [0.25, 0.3) is 0 Å². The average molecular weight is 348 g/mol. The number of aliphatic hydroxyl groups excluding tert-OH is 2. The van der Waals surface area contributed by atoms with Gasteiger partial charge in [-0.25, -0.2) is 0 Å². The minimum Gasteiger partial charge on any atom is -0.504 e. The maximum atomic E-state index is 10.3. The maximum Gasteiger partial charge on any atom is 0.161 e. The minimum atomic E-state index is -0.881. The molecule has 25 heavy (non-hydrogen) atoms.